The van der Waals surface area contributed by atoms with Gasteiger partial charge in [0.15, 0.2) is 0 Å². The highest BCUT2D eigenvalue weighted by Gasteiger charge is 2.44. The van der Waals surface area contributed by atoms with Gasteiger partial charge in [0.1, 0.15) is 6.04 Å². The van der Waals surface area contributed by atoms with Crippen LogP contribution in [0.4, 0.5) is 13.2 Å². The molecule has 0 bridgehead atoms. The Morgan fingerprint density at radius 1 is 1.41 bits per heavy atom. The third-order valence-electron chi connectivity index (χ3n) is 2.57. The van der Waals surface area contributed by atoms with Crippen LogP contribution in [0.25, 0.3) is 5.70 Å². The molecule has 92 valence electrons. The zero-order chi connectivity index (χ0) is 12.6. The quantitative estimate of drug-likeness (QED) is 0.818. The van der Waals surface area contributed by atoms with Gasteiger partial charge in [-0.05, 0) is 30.7 Å². The van der Waals surface area contributed by atoms with Crippen LogP contribution in [0, 0.1) is 6.92 Å². The minimum absolute atomic E-state index is 0.388. The largest absolute Gasteiger partial charge is 0.409 e. The van der Waals surface area contributed by atoms with Crippen LogP contribution in [-0.4, -0.2) is 29.3 Å². The Balaban J connectivity index is 2.30. The summed E-state index contributed by atoms with van der Waals surface area (Å²) in [5.74, 6) is 0. The SMILES string of the molecule is Cc1ccnc(C2=CC(C(F)(F)F)N(C)N2)c1. The Kier molecular flexibility index (Phi) is 2.82. The molecule has 0 saturated heterocycles. The van der Waals surface area contributed by atoms with Gasteiger partial charge in [0.25, 0.3) is 0 Å². The molecule has 1 aliphatic heterocycles. The van der Waals surface area contributed by atoms with Gasteiger partial charge in [-0.25, -0.2) is 5.01 Å². The zero-order valence-corrected chi connectivity index (χ0v) is 9.42. The molecular formula is C11H12F3N3. The number of hydrazine groups is 1. The Morgan fingerprint density at radius 2 is 2.12 bits per heavy atom. The Morgan fingerprint density at radius 3 is 2.65 bits per heavy atom. The van der Waals surface area contributed by atoms with E-state index in [-0.39, 0.29) is 0 Å². The molecule has 0 aliphatic carbocycles. The number of alkyl halides is 3. The number of aromatic nitrogens is 1. The van der Waals surface area contributed by atoms with Gasteiger partial charge in [0, 0.05) is 13.2 Å². The normalized spacial score (nSPS) is 21.2. The fourth-order valence-electron chi connectivity index (χ4n) is 1.71. The molecule has 17 heavy (non-hydrogen) atoms. The van der Waals surface area contributed by atoms with E-state index in [4.69, 9.17) is 0 Å². The highest BCUT2D eigenvalue weighted by atomic mass is 19.4. The third-order valence-corrected chi connectivity index (χ3v) is 2.57. The maximum absolute atomic E-state index is 12.6. The summed E-state index contributed by atoms with van der Waals surface area (Å²) in [6.45, 7) is 1.87. The van der Waals surface area contributed by atoms with Crippen molar-refractivity contribution >= 4 is 5.70 Å². The van der Waals surface area contributed by atoms with Crippen molar-refractivity contribution in [3.8, 4) is 0 Å². The van der Waals surface area contributed by atoms with Crippen LogP contribution < -0.4 is 5.43 Å². The highest BCUT2D eigenvalue weighted by molar-refractivity contribution is 5.63. The van der Waals surface area contributed by atoms with E-state index in [1.54, 1.807) is 18.3 Å². The number of halogens is 3. The van der Waals surface area contributed by atoms with Crippen LogP contribution in [0.5, 0.6) is 0 Å². The molecule has 1 aromatic heterocycles. The summed E-state index contributed by atoms with van der Waals surface area (Å²) in [6, 6.07) is 1.93. The maximum atomic E-state index is 12.6. The number of likely N-dealkylation sites (N-methyl/N-ethyl adjacent to an activating group) is 1. The lowest BCUT2D eigenvalue weighted by molar-refractivity contribution is -0.167. The van der Waals surface area contributed by atoms with Crippen molar-refractivity contribution in [1.82, 2.24) is 15.4 Å². The van der Waals surface area contributed by atoms with Gasteiger partial charge >= 0.3 is 6.18 Å². The molecule has 0 aromatic carbocycles. The lowest BCUT2D eigenvalue weighted by Crippen LogP contribution is -2.43. The molecule has 1 N–H and O–H groups in total. The van der Waals surface area contributed by atoms with Gasteiger partial charge in [-0.1, -0.05) is 0 Å². The second kappa shape index (κ2) is 4.03. The van der Waals surface area contributed by atoms with E-state index in [0.717, 1.165) is 16.6 Å². The summed E-state index contributed by atoms with van der Waals surface area (Å²) in [5, 5.41) is 1.03. The molecule has 0 fully saturated rings. The van der Waals surface area contributed by atoms with E-state index in [9.17, 15) is 13.2 Å². The first-order valence-electron chi connectivity index (χ1n) is 5.09. The number of pyridine rings is 1. The molecular weight excluding hydrogens is 231 g/mol. The predicted octanol–water partition coefficient (Wildman–Crippen LogP) is 2.11. The molecule has 0 radical (unpaired) electrons. The second-order valence-corrected chi connectivity index (χ2v) is 4.01. The molecule has 3 nitrogen and oxygen atoms in total. The van der Waals surface area contributed by atoms with E-state index in [1.165, 1.54) is 7.05 Å². The lowest BCUT2D eigenvalue weighted by Gasteiger charge is -2.21. The summed E-state index contributed by atoms with van der Waals surface area (Å²) < 4.78 is 37.9. The Bertz CT molecular complexity index is 454. The molecule has 2 rings (SSSR count). The van der Waals surface area contributed by atoms with Gasteiger partial charge < -0.3 is 5.43 Å². The van der Waals surface area contributed by atoms with Crippen molar-refractivity contribution in [2.75, 3.05) is 7.05 Å². The van der Waals surface area contributed by atoms with Crippen molar-refractivity contribution in [2.45, 2.75) is 19.1 Å². The zero-order valence-electron chi connectivity index (χ0n) is 9.42. The van der Waals surface area contributed by atoms with Crippen molar-refractivity contribution < 1.29 is 13.2 Å². The number of nitrogens with one attached hydrogen (secondary N) is 1. The van der Waals surface area contributed by atoms with Gasteiger partial charge in [0.05, 0.1) is 11.4 Å². The topological polar surface area (TPSA) is 28.2 Å². The van der Waals surface area contributed by atoms with Crippen LogP contribution in [0.15, 0.2) is 24.4 Å². The fourth-order valence-corrected chi connectivity index (χ4v) is 1.71. The van der Waals surface area contributed by atoms with Crippen molar-refractivity contribution in [3.63, 3.8) is 0 Å². The predicted molar refractivity (Wildman–Crippen MR) is 57.7 cm³/mol. The van der Waals surface area contributed by atoms with Crippen molar-refractivity contribution in [1.29, 1.82) is 0 Å². The molecule has 0 saturated carbocycles. The summed E-state index contributed by atoms with van der Waals surface area (Å²) in [4.78, 5) is 4.05. The number of rotatable bonds is 1. The van der Waals surface area contributed by atoms with Crippen molar-refractivity contribution in [3.05, 3.63) is 35.7 Å². The van der Waals surface area contributed by atoms with Gasteiger partial charge in [-0.3, -0.25) is 4.98 Å². The van der Waals surface area contributed by atoms with E-state index in [2.05, 4.69) is 10.4 Å². The maximum Gasteiger partial charge on any atom is 0.409 e. The van der Waals surface area contributed by atoms with Gasteiger partial charge in [-0.15, -0.1) is 0 Å². The first kappa shape index (κ1) is 11.9. The molecule has 1 aliphatic rings. The lowest BCUT2D eigenvalue weighted by atomic mass is 10.2. The minimum atomic E-state index is -4.28. The number of hydrogen-bond donors (Lipinski definition) is 1. The van der Waals surface area contributed by atoms with Gasteiger partial charge in [-0.2, -0.15) is 13.2 Å². The molecule has 1 atom stereocenters. The average molecular weight is 243 g/mol. The molecule has 2 heterocycles. The molecule has 0 amide bonds. The van der Waals surface area contributed by atoms with E-state index < -0.39 is 12.2 Å². The number of hydrogen-bond acceptors (Lipinski definition) is 3. The smallest absolute Gasteiger partial charge is 0.316 e. The molecule has 0 spiro atoms. The van der Waals surface area contributed by atoms with E-state index >= 15 is 0 Å². The first-order chi connectivity index (χ1) is 7.88. The number of aryl methyl sites for hydroxylation is 1. The first-order valence-corrected chi connectivity index (χ1v) is 5.09. The minimum Gasteiger partial charge on any atom is -0.316 e. The summed E-state index contributed by atoms with van der Waals surface area (Å²) in [6.07, 6.45) is -1.57. The monoisotopic (exact) mass is 243 g/mol. The third kappa shape index (κ3) is 2.41. The number of nitrogens with zero attached hydrogens (tertiary/aromatic N) is 2. The van der Waals surface area contributed by atoms with Crippen LogP contribution in [0.3, 0.4) is 0 Å². The molecule has 1 aromatic rings. The fraction of sp³-hybridized carbons (Fsp3) is 0.364. The second-order valence-electron chi connectivity index (χ2n) is 4.01. The Labute approximate surface area is 96.9 Å². The van der Waals surface area contributed by atoms with Gasteiger partial charge in [0.2, 0.25) is 0 Å². The Hall–Kier alpha value is -1.56. The van der Waals surface area contributed by atoms with E-state index in [1.807, 2.05) is 6.92 Å². The molecule has 1 unspecified atom stereocenters. The van der Waals surface area contributed by atoms with E-state index in [0.29, 0.717) is 11.4 Å². The highest BCUT2D eigenvalue weighted by Crippen LogP contribution is 2.30. The molecule has 6 heteroatoms. The standard InChI is InChI=1S/C11H12F3N3/c1-7-3-4-15-8(5-7)9-6-10(11(12,13)14)17(2)16-9/h3-6,10,16H,1-2H3. The summed E-state index contributed by atoms with van der Waals surface area (Å²) in [5.41, 5.74) is 4.53. The summed E-state index contributed by atoms with van der Waals surface area (Å²) in [7, 11) is 1.36. The van der Waals surface area contributed by atoms with Crippen LogP contribution >= 0.6 is 0 Å². The van der Waals surface area contributed by atoms with Crippen LogP contribution in [-0.2, 0) is 0 Å². The van der Waals surface area contributed by atoms with Crippen molar-refractivity contribution in [2.24, 2.45) is 0 Å². The summed E-state index contributed by atoms with van der Waals surface area (Å²) >= 11 is 0. The average Bonchev–Trinajstić information content (AvgIpc) is 2.60. The van der Waals surface area contributed by atoms with Crippen LogP contribution in [0.2, 0.25) is 0 Å². The van der Waals surface area contributed by atoms with Crippen LogP contribution in [0.1, 0.15) is 11.3 Å².